The Morgan fingerprint density at radius 3 is 2.82 bits per heavy atom. The van der Waals surface area contributed by atoms with Crippen molar-refractivity contribution >= 4 is 0 Å². The van der Waals surface area contributed by atoms with Crippen LogP contribution in [0.25, 0.3) is 0 Å². The smallest absolute Gasteiger partial charge is 0.285 e. The molecule has 0 aromatic heterocycles. The lowest BCUT2D eigenvalue weighted by Crippen LogP contribution is -2.19. The van der Waals surface area contributed by atoms with E-state index >= 15 is 0 Å². The summed E-state index contributed by atoms with van der Waals surface area (Å²) in [5.74, 6) is 0. The minimum Gasteiger partial charge on any atom is -0.371 e. The normalized spacial score (nSPS) is 17.5. The van der Waals surface area contributed by atoms with Crippen LogP contribution in [0.2, 0.25) is 0 Å². The van der Waals surface area contributed by atoms with E-state index < -0.39 is 0 Å². The fourth-order valence-electron chi connectivity index (χ4n) is 1.10. The highest BCUT2D eigenvalue weighted by molar-refractivity contribution is 5.21. The van der Waals surface area contributed by atoms with Crippen molar-refractivity contribution < 1.29 is 4.92 Å². The molecule has 0 unspecified atom stereocenters. The Morgan fingerprint density at radius 2 is 2.36 bits per heavy atom. The molecule has 4 nitrogen and oxygen atoms in total. The minimum absolute atomic E-state index is 0.163. The van der Waals surface area contributed by atoms with Gasteiger partial charge in [0.25, 0.3) is 5.70 Å². The first kappa shape index (κ1) is 7.78. The van der Waals surface area contributed by atoms with Crippen LogP contribution >= 0.6 is 0 Å². The fourth-order valence-corrected chi connectivity index (χ4v) is 1.10. The van der Waals surface area contributed by atoms with Crippen LogP contribution < -0.4 is 0 Å². The zero-order valence-electron chi connectivity index (χ0n) is 6.57. The van der Waals surface area contributed by atoms with Gasteiger partial charge in [0.2, 0.25) is 0 Å². The van der Waals surface area contributed by atoms with Crippen LogP contribution in [-0.4, -0.2) is 23.4 Å². The van der Waals surface area contributed by atoms with E-state index in [4.69, 9.17) is 0 Å². The van der Waals surface area contributed by atoms with Crippen molar-refractivity contribution in [3.05, 3.63) is 33.7 Å². The third-order valence-corrected chi connectivity index (χ3v) is 1.46. The van der Waals surface area contributed by atoms with Crippen LogP contribution in [0.1, 0.15) is 6.92 Å². The Morgan fingerprint density at radius 1 is 1.73 bits per heavy atom. The molecule has 0 aromatic carbocycles. The molecule has 1 heterocycles. The molecule has 0 aliphatic carbocycles. The molecule has 0 amide bonds. The molecule has 0 bridgehead atoms. The molecule has 11 heavy (non-hydrogen) atoms. The average Bonchev–Trinajstić information content (AvgIpc) is 1.85. The molecular weight excluding hydrogens is 144 g/mol. The van der Waals surface area contributed by atoms with Gasteiger partial charge < -0.3 is 4.90 Å². The highest BCUT2D eigenvalue weighted by Gasteiger charge is 2.13. The Balaban J connectivity index is 2.87. The van der Waals surface area contributed by atoms with E-state index in [0.29, 0.717) is 0 Å². The largest absolute Gasteiger partial charge is 0.371 e. The Labute approximate surface area is 65.0 Å². The van der Waals surface area contributed by atoms with Crippen molar-refractivity contribution in [3.8, 4) is 0 Å². The highest BCUT2D eigenvalue weighted by Crippen LogP contribution is 2.11. The number of allylic oxidation sites excluding steroid dienone is 1. The monoisotopic (exact) mass is 154 g/mol. The van der Waals surface area contributed by atoms with E-state index in [1.54, 1.807) is 11.0 Å². The first-order valence-electron chi connectivity index (χ1n) is 3.33. The highest BCUT2D eigenvalue weighted by atomic mass is 16.6. The van der Waals surface area contributed by atoms with Gasteiger partial charge in [0.05, 0.1) is 11.1 Å². The van der Waals surface area contributed by atoms with E-state index in [-0.39, 0.29) is 10.6 Å². The topological polar surface area (TPSA) is 46.4 Å². The number of hydrogen-bond acceptors (Lipinski definition) is 3. The van der Waals surface area contributed by atoms with Crippen molar-refractivity contribution in [2.45, 2.75) is 6.92 Å². The van der Waals surface area contributed by atoms with Crippen LogP contribution in [0, 0.1) is 10.1 Å². The molecule has 0 radical (unpaired) electrons. The molecule has 0 N–H and O–H groups in total. The van der Waals surface area contributed by atoms with Gasteiger partial charge in [-0.2, -0.15) is 0 Å². The number of nitrogens with zero attached hydrogens (tertiary/aromatic N) is 2. The SMILES string of the molecule is CC1=CC([N+](=O)[O-])=CN(C)C1. The van der Waals surface area contributed by atoms with E-state index in [2.05, 4.69) is 0 Å². The van der Waals surface area contributed by atoms with Gasteiger partial charge in [-0.05, 0) is 12.5 Å². The van der Waals surface area contributed by atoms with Gasteiger partial charge in [-0.15, -0.1) is 0 Å². The van der Waals surface area contributed by atoms with Crippen molar-refractivity contribution in [2.75, 3.05) is 13.6 Å². The Kier molecular flexibility index (Phi) is 1.94. The molecule has 0 fully saturated rings. The van der Waals surface area contributed by atoms with Gasteiger partial charge in [0, 0.05) is 19.7 Å². The summed E-state index contributed by atoms with van der Waals surface area (Å²) < 4.78 is 0. The summed E-state index contributed by atoms with van der Waals surface area (Å²) in [6.45, 7) is 2.66. The summed E-state index contributed by atoms with van der Waals surface area (Å²) in [4.78, 5) is 11.7. The molecule has 60 valence electrons. The lowest BCUT2D eigenvalue weighted by atomic mass is 10.2. The first-order chi connectivity index (χ1) is 5.09. The van der Waals surface area contributed by atoms with Crippen molar-refractivity contribution in [3.63, 3.8) is 0 Å². The molecule has 4 heteroatoms. The van der Waals surface area contributed by atoms with E-state index in [9.17, 15) is 10.1 Å². The van der Waals surface area contributed by atoms with Gasteiger partial charge in [0.15, 0.2) is 0 Å². The van der Waals surface area contributed by atoms with Gasteiger partial charge in [0.1, 0.15) is 0 Å². The standard InChI is InChI=1S/C7H10N2O2/c1-6-3-7(9(10)11)5-8(2)4-6/h3,5H,4H2,1-2H3. The van der Waals surface area contributed by atoms with Crippen LogP contribution in [0.3, 0.4) is 0 Å². The van der Waals surface area contributed by atoms with E-state index in [1.807, 2.05) is 14.0 Å². The van der Waals surface area contributed by atoms with E-state index in [1.165, 1.54) is 6.20 Å². The maximum Gasteiger partial charge on any atom is 0.285 e. The summed E-state index contributed by atoms with van der Waals surface area (Å²) >= 11 is 0. The number of rotatable bonds is 1. The van der Waals surface area contributed by atoms with Crippen molar-refractivity contribution in [1.82, 2.24) is 4.90 Å². The maximum atomic E-state index is 10.3. The second-order valence-corrected chi connectivity index (χ2v) is 2.72. The summed E-state index contributed by atoms with van der Waals surface area (Å²) in [7, 11) is 1.82. The van der Waals surface area contributed by atoms with Gasteiger partial charge in [-0.1, -0.05) is 0 Å². The minimum atomic E-state index is -0.376. The quantitative estimate of drug-likeness (QED) is 0.418. The third-order valence-electron chi connectivity index (χ3n) is 1.46. The third kappa shape index (κ3) is 1.80. The summed E-state index contributed by atoms with van der Waals surface area (Å²) in [6, 6.07) is 0. The molecule has 0 atom stereocenters. The number of likely N-dealkylation sites (N-methyl/N-ethyl adjacent to an activating group) is 1. The Bertz CT molecular complexity index is 243. The van der Waals surface area contributed by atoms with Gasteiger partial charge in [-0.3, -0.25) is 10.1 Å². The lowest BCUT2D eigenvalue weighted by molar-refractivity contribution is -0.420. The second kappa shape index (κ2) is 2.74. The molecular formula is C7H10N2O2. The zero-order chi connectivity index (χ0) is 8.43. The molecule has 1 aliphatic heterocycles. The molecule has 0 saturated heterocycles. The van der Waals surface area contributed by atoms with E-state index in [0.717, 1.165) is 12.1 Å². The average molecular weight is 154 g/mol. The molecule has 1 rings (SSSR count). The molecule has 0 aromatic rings. The molecule has 0 spiro atoms. The summed E-state index contributed by atoms with van der Waals surface area (Å²) in [6.07, 6.45) is 3.13. The lowest BCUT2D eigenvalue weighted by Gasteiger charge is -2.17. The van der Waals surface area contributed by atoms with Crippen LogP contribution in [0.5, 0.6) is 0 Å². The summed E-state index contributed by atoms with van der Waals surface area (Å²) in [5.41, 5.74) is 1.18. The van der Waals surface area contributed by atoms with Crippen LogP contribution in [-0.2, 0) is 0 Å². The number of hydrogen-bond donors (Lipinski definition) is 0. The maximum absolute atomic E-state index is 10.3. The molecule has 1 aliphatic rings. The first-order valence-corrected chi connectivity index (χ1v) is 3.33. The predicted octanol–water partition coefficient (Wildman–Crippen LogP) is 0.996. The predicted molar refractivity (Wildman–Crippen MR) is 41.5 cm³/mol. The molecule has 0 saturated carbocycles. The fraction of sp³-hybridized carbons (Fsp3) is 0.429. The van der Waals surface area contributed by atoms with Gasteiger partial charge >= 0.3 is 0 Å². The van der Waals surface area contributed by atoms with Crippen molar-refractivity contribution in [2.24, 2.45) is 0 Å². The van der Waals surface area contributed by atoms with Crippen molar-refractivity contribution in [1.29, 1.82) is 0 Å². The number of nitro groups is 1. The van der Waals surface area contributed by atoms with Crippen LogP contribution in [0.4, 0.5) is 0 Å². The zero-order valence-corrected chi connectivity index (χ0v) is 6.57. The summed E-state index contributed by atoms with van der Waals surface area (Å²) in [5, 5.41) is 10.3. The Hall–Kier alpha value is -1.32. The van der Waals surface area contributed by atoms with Crippen LogP contribution in [0.15, 0.2) is 23.5 Å². The second-order valence-electron chi connectivity index (χ2n) is 2.72. The van der Waals surface area contributed by atoms with Gasteiger partial charge in [-0.25, -0.2) is 0 Å².